The normalized spacial score (nSPS) is 31.0. The van der Waals surface area contributed by atoms with E-state index in [4.69, 9.17) is 10.5 Å². The molecule has 4 heteroatoms. The Morgan fingerprint density at radius 2 is 1.94 bits per heavy atom. The van der Waals surface area contributed by atoms with Crippen molar-refractivity contribution < 1.29 is 9.53 Å². The quantitative estimate of drug-likeness (QED) is 0.787. The van der Waals surface area contributed by atoms with Crippen molar-refractivity contribution in [1.29, 1.82) is 0 Å². The average Bonchev–Trinajstić information content (AvgIpc) is 2.61. The van der Waals surface area contributed by atoms with Crippen molar-refractivity contribution in [1.82, 2.24) is 4.90 Å². The summed E-state index contributed by atoms with van der Waals surface area (Å²) < 4.78 is 5.37. The molecule has 0 aromatic carbocycles. The molecule has 17 heavy (non-hydrogen) atoms. The van der Waals surface area contributed by atoms with E-state index in [0.717, 1.165) is 51.8 Å². The molecule has 0 spiro atoms. The molecule has 1 amide bonds. The second-order valence-corrected chi connectivity index (χ2v) is 5.33. The van der Waals surface area contributed by atoms with Crippen LogP contribution in [0, 0.1) is 5.92 Å². The molecule has 0 atom stereocenters. The number of rotatable bonds is 2. The van der Waals surface area contributed by atoms with E-state index >= 15 is 0 Å². The summed E-state index contributed by atoms with van der Waals surface area (Å²) in [6, 6.07) is 0.368. The first-order valence-corrected chi connectivity index (χ1v) is 6.87. The first kappa shape index (κ1) is 12.8. The zero-order chi connectivity index (χ0) is 12.1. The number of ether oxygens (including phenoxy) is 1. The van der Waals surface area contributed by atoms with Gasteiger partial charge >= 0.3 is 0 Å². The lowest BCUT2D eigenvalue weighted by atomic mass is 9.84. The highest BCUT2D eigenvalue weighted by Gasteiger charge is 2.23. The van der Waals surface area contributed by atoms with Gasteiger partial charge in [0.05, 0.1) is 6.61 Å². The number of hydrogen-bond donors (Lipinski definition) is 1. The van der Waals surface area contributed by atoms with Crippen LogP contribution in [0.15, 0.2) is 0 Å². The second kappa shape index (κ2) is 6.36. The Kier molecular flexibility index (Phi) is 4.80. The topological polar surface area (TPSA) is 55.6 Å². The highest BCUT2D eigenvalue weighted by atomic mass is 16.5. The van der Waals surface area contributed by atoms with Crippen LogP contribution in [0.25, 0.3) is 0 Å². The minimum absolute atomic E-state index is 0.316. The summed E-state index contributed by atoms with van der Waals surface area (Å²) in [7, 11) is 0. The van der Waals surface area contributed by atoms with Crippen LogP contribution < -0.4 is 5.73 Å². The van der Waals surface area contributed by atoms with Crippen molar-refractivity contribution in [3.63, 3.8) is 0 Å². The van der Waals surface area contributed by atoms with Gasteiger partial charge in [0.1, 0.15) is 0 Å². The van der Waals surface area contributed by atoms with Gasteiger partial charge in [0.15, 0.2) is 0 Å². The molecule has 0 aromatic heterocycles. The van der Waals surface area contributed by atoms with E-state index in [1.54, 1.807) is 0 Å². The number of nitrogens with two attached hydrogens (primary N) is 1. The largest absolute Gasteiger partial charge is 0.380 e. The Bertz CT molecular complexity index is 242. The van der Waals surface area contributed by atoms with Crippen LogP contribution >= 0.6 is 0 Å². The fourth-order valence-electron chi connectivity index (χ4n) is 2.76. The summed E-state index contributed by atoms with van der Waals surface area (Å²) in [5, 5.41) is 0. The van der Waals surface area contributed by atoms with Gasteiger partial charge in [-0.15, -0.1) is 0 Å². The van der Waals surface area contributed by atoms with Crippen LogP contribution in [0.5, 0.6) is 0 Å². The van der Waals surface area contributed by atoms with Crippen LogP contribution in [0.4, 0.5) is 0 Å². The van der Waals surface area contributed by atoms with Gasteiger partial charge in [0, 0.05) is 32.2 Å². The van der Waals surface area contributed by atoms with Crippen molar-refractivity contribution in [2.24, 2.45) is 11.7 Å². The third-order valence-corrected chi connectivity index (χ3v) is 3.93. The number of nitrogens with zero attached hydrogens (tertiary/aromatic N) is 1. The third kappa shape index (κ3) is 3.96. The molecular weight excluding hydrogens is 216 g/mol. The summed E-state index contributed by atoms with van der Waals surface area (Å²) in [4.78, 5) is 14.1. The molecule has 0 aromatic rings. The van der Waals surface area contributed by atoms with Gasteiger partial charge < -0.3 is 15.4 Å². The fraction of sp³-hybridized carbons (Fsp3) is 0.923. The van der Waals surface area contributed by atoms with E-state index in [1.807, 2.05) is 4.90 Å². The maximum Gasteiger partial charge on any atom is 0.222 e. The van der Waals surface area contributed by atoms with Crippen LogP contribution in [-0.2, 0) is 9.53 Å². The lowest BCUT2D eigenvalue weighted by molar-refractivity contribution is -0.132. The lowest BCUT2D eigenvalue weighted by Crippen LogP contribution is -2.35. The second-order valence-electron chi connectivity index (χ2n) is 5.33. The van der Waals surface area contributed by atoms with Gasteiger partial charge in [-0.05, 0) is 38.0 Å². The minimum atomic E-state index is 0.316. The maximum absolute atomic E-state index is 12.1. The molecule has 98 valence electrons. The monoisotopic (exact) mass is 240 g/mol. The number of carbonyl (C=O) groups is 1. The molecule has 1 saturated carbocycles. The summed E-state index contributed by atoms with van der Waals surface area (Å²) in [6.07, 6.45) is 6.10. The van der Waals surface area contributed by atoms with E-state index in [1.165, 1.54) is 0 Å². The van der Waals surface area contributed by atoms with E-state index in [2.05, 4.69) is 0 Å². The van der Waals surface area contributed by atoms with E-state index < -0.39 is 0 Å². The van der Waals surface area contributed by atoms with Gasteiger partial charge in [0.25, 0.3) is 0 Å². The van der Waals surface area contributed by atoms with Crippen LogP contribution in [0.1, 0.15) is 38.5 Å². The Labute approximate surface area is 103 Å². The first-order chi connectivity index (χ1) is 8.25. The summed E-state index contributed by atoms with van der Waals surface area (Å²) in [5.41, 5.74) is 5.88. The highest BCUT2D eigenvalue weighted by Crippen LogP contribution is 2.26. The zero-order valence-corrected chi connectivity index (χ0v) is 10.6. The predicted octanol–water partition coefficient (Wildman–Crippen LogP) is 1.14. The SMILES string of the molecule is NC1CCC(CC(=O)N2CCCOCC2)CC1. The molecule has 1 aliphatic heterocycles. The van der Waals surface area contributed by atoms with Gasteiger partial charge in [-0.25, -0.2) is 0 Å². The molecule has 1 heterocycles. The zero-order valence-electron chi connectivity index (χ0n) is 10.6. The molecule has 4 nitrogen and oxygen atoms in total. The predicted molar refractivity (Wildman–Crippen MR) is 66.6 cm³/mol. The highest BCUT2D eigenvalue weighted by molar-refractivity contribution is 5.76. The van der Waals surface area contributed by atoms with E-state index in [-0.39, 0.29) is 0 Å². The smallest absolute Gasteiger partial charge is 0.222 e. The van der Waals surface area contributed by atoms with Gasteiger partial charge in [0.2, 0.25) is 5.91 Å². The van der Waals surface area contributed by atoms with E-state index in [9.17, 15) is 4.79 Å². The van der Waals surface area contributed by atoms with E-state index in [0.29, 0.717) is 30.9 Å². The number of carbonyl (C=O) groups excluding carboxylic acids is 1. The molecule has 2 rings (SSSR count). The first-order valence-electron chi connectivity index (χ1n) is 6.87. The molecular formula is C13H24N2O2. The molecule has 2 fully saturated rings. The van der Waals surface area contributed by atoms with Crippen molar-refractivity contribution in [3.8, 4) is 0 Å². The van der Waals surface area contributed by atoms with Crippen LogP contribution in [0.3, 0.4) is 0 Å². The number of amides is 1. The van der Waals surface area contributed by atoms with Crippen molar-refractivity contribution in [2.45, 2.75) is 44.6 Å². The third-order valence-electron chi connectivity index (χ3n) is 3.93. The fourth-order valence-corrected chi connectivity index (χ4v) is 2.76. The standard InChI is InChI=1S/C13H24N2O2/c14-12-4-2-11(3-5-12)10-13(16)15-6-1-8-17-9-7-15/h11-12H,1-10,14H2. The number of hydrogen-bond acceptors (Lipinski definition) is 3. The minimum Gasteiger partial charge on any atom is -0.380 e. The Hall–Kier alpha value is -0.610. The van der Waals surface area contributed by atoms with Gasteiger partial charge in [-0.3, -0.25) is 4.79 Å². The molecule has 2 aliphatic rings. The summed E-state index contributed by atoms with van der Waals surface area (Å²) >= 11 is 0. The van der Waals surface area contributed by atoms with Crippen molar-refractivity contribution >= 4 is 5.91 Å². The van der Waals surface area contributed by atoms with Crippen LogP contribution in [-0.4, -0.2) is 43.2 Å². The van der Waals surface area contributed by atoms with Crippen molar-refractivity contribution in [3.05, 3.63) is 0 Å². The Morgan fingerprint density at radius 1 is 1.18 bits per heavy atom. The summed E-state index contributed by atoms with van der Waals surface area (Å²) in [5.74, 6) is 0.877. The maximum atomic E-state index is 12.1. The summed E-state index contributed by atoms with van der Waals surface area (Å²) in [6.45, 7) is 3.12. The van der Waals surface area contributed by atoms with Crippen LogP contribution in [0.2, 0.25) is 0 Å². The molecule has 0 bridgehead atoms. The Balaban J connectivity index is 1.75. The molecule has 2 N–H and O–H groups in total. The lowest BCUT2D eigenvalue weighted by Gasteiger charge is -2.28. The molecule has 1 aliphatic carbocycles. The van der Waals surface area contributed by atoms with Crippen molar-refractivity contribution in [2.75, 3.05) is 26.3 Å². The molecule has 0 radical (unpaired) electrons. The van der Waals surface area contributed by atoms with Gasteiger partial charge in [-0.2, -0.15) is 0 Å². The molecule has 1 saturated heterocycles. The Morgan fingerprint density at radius 3 is 2.71 bits per heavy atom. The van der Waals surface area contributed by atoms with Gasteiger partial charge in [-0.1, -0.05) is 0 Å². The average molecular weight is 240 g/mol. The molecule has 0 unspecified atom stereocenters.